The molecule has 1 aromatic rings. The molecule has 0 heterocycles. The Hall–Kier alpha value is -0.760. The third-order valence-electron chi connectivity index (χ3n) is 2.46. The summed E-state index contributed by atoms with van der Waals surface area (Å²) in [5.74, 6) is -0.000480. The van der Waals surface area contributed by atoms with E-state index >= 15 is 0 Å². The Morgan fingerprint density at radius 3 is 2.63 bits per heavy atom. The van der Waals surface area contributed by atoms with Crippen LogP contribution in [-0.4, -0.2) is 39.4 Å². The van der Waals surface area contributed by atoms with Gasteiger partial charge in [0.25, 0.3) is 0 Å². The first-order chi connectivity index (χ1) is 8.88. The molecular formula is C12H15BrO5S. The zero-order chi connectivity index (χ0) is 14.6. The number of aliphatic hydroxyl groups is 2. The maximum absolute atomic E-state index is 10.8. The number of ether oxygens (including phenoxy) is 1. The Morgan fingerprint density at radius 2 is 2.11 bits per heavy atom. The van der Waals surface area contributed by atoms with Crippen LogP contribution in [0.4, 0.5) is 0 Å². The molecule has 3 N–H and O–H groups in total. The number of rotatable bonds is 5. The van der Waals surface area contributed by atoms with E-state index in [2.05, 4.69) is 15.9 Å². The summed E-state index contributed by atoms with van der Waals surface area (Å²) in [7, 11) is 1.39. The average molecular weight is 351 g/mol. The number of thioether (sulfide) groups is 1. The molecule has 19 heavy (non-hydrogen) atoms. The summed E-state index contributed by atoms with van der Waals surface area (Å²) >= 11 is 4.11. The molecule has 5 nitrogen and oxygen atoms in total. The number of benzene rings is 1. The minimum atomic E-state index is -1.32. The van der Waals surface area contributed by atoms with Gasteiger partial charge in [0.2, 0.25) is 0 Å². The molecule has 106 valence electrons. The molecule has 0 aliphatic rings. The van der Waals surface area contributed by atoms with E-state index in [1.54, 1.807) is 6.07 Å². The summed E-state index contributed by atoms with van der Waals surface area (Å²) in [6.45, 7) is 1.38. The predicted molar refractivity (Wildman–Crippen MR) is 76.5 cm³/mol. The van der Waals surface area contributed by atoms with Gasteiger partial charge in [-0.1, -0.05) is 27.7 Å². The zero-order valence-electron chi connectivity index (χ0n) is 10.5. The van der Waals surface area contributed by atoms with Gasteiger partial charge in [0.1, 0.15) is 6.10 Å². The molecular weight excluding hydrogens is 336 g/mol. The van der Waals surface area contributed by atoms with E-state index in [4.69, 9.17) is 4.74 Å². The van der Waals surface area contributed by atoms with Crippen molar-refractivity contribution in [1.29, 1.82) is 0 Å². The Morgan fingerprint density at radius 1 is 1.47 bits per heavy atom. The lowest BCUT2D eigenvalue weighted by atomic mass is 10.0. The van der Waals surface area contributed by atoms with Crippen LogP contribution < -0.4 is 4.74 Å². The fraction of sp³-hybridized carbons (Fsp3) is 0.417. The van der Waals surface area contributed by atoms with Gasteiger partial charge in [-0.25, -0.2) is 0 Å². The van der Waals surface area contributed by atoms with E-state index < -0.39 is 12.2 Å². The molecule has 2 unspecified atom stereocenters. The van der Waals surface area contributed by atoms with Crippen LogP contribution >= 0.6 is 27.7 Å². The van der Waals surface area contributed by atoms with Crippen molar-refractivity contribution in [3.63, 3.8) is 0 Å². The Kier molecular flexibility index (Phi) is 6.12. The van der Waals surface area contributed by atoms with E-state index in [0.717, 1.165) is 11.8 Å². The molecule has 1 rings (SSSR count). The molecule has 0 bridgehead atoms. The number of carbonyl (C=O) groups excluding carboxylic acids is 1. The fourth-order valence-electron chi connectivity index (χ4n) is 1.50. The quantitative estimate of drug-likeness (QED) is 0.750. The Bertz CT molecular complexity index is 466. The van der Waals surface area contributed by atoms with Gasteiger partial charge in [0.05, 0.1) is 13.2 Å². The Labute approximate surface area is 123 Å². The van der Waals surface area contributed by atoms with Crippen molar-refractivity contribution in [1.82, 2.24) is 0 Å². The van der Waals surface area contributed by atoms with Crippen molar-refractivity contribution in [3.8, 4) is 11.5 Å². The summed E-state index contributed by atoms with van der Waals surface area (Å²) in [4.78, 5) is 10.8. The third-order valence-corrected chi connectivity index (χ3v) is 4.07. The summed E-state index contributed by atoms with van der Waals surface area (Å²) in [5, 5.41) is 29.7. The van der Waals surface area contributed by atoms with Gasteiger partial charge in [-0.05, 0) is 12.1 Å². The second-order valence-corrected chi connectivity index (χ2v) is 5.88. The van der Waals surface area contributed by atoms with Crippen molar-refractivity contribution in [3.05, 3.63) is 22.2 Å². The van der Waals surface area contributed by atoms with Gasteiger partial charge in [0.15, 0.2) is 16.6 Å². The first kappa shape index (κ1) is 16.3. The number of carbonyl (C=O) groups is 1. The third kappa shape index (κ3) is 4.10. The molecule has 7 heteroatoms. The van der Waals surface area contributed by atoms with Gasteiger partial charge < -0.3 is 20.1 Å². The van der Waals surface area contributed by atoms with E-state index in [1.165, 1.54) is 20.1 Å². The lowest BCUT2D eigenvalue weighted by Crippen LogP contribution is -2.22. The van der Waals surface area contributed by atoms with Gasteiger partial charge in [-0.15, -0.1) is 0 Å². The van der Waals surface area contributed by atoms with Crippen LogP contribution in [0.1, 0.15) is 18.6 Å². The number of aromatic hydroxyl groups is 1. The number of phenols is 1. The second kappa shape index (κ2) is 7.14. The van der Waals surface area contributed by atoms with Crippen LogP contribution in [0.3, 0.4) is 0 Å². The molecule has 0 amide bonds. The summed E-state index contributed by atoms with van der Waals surface area (Å²) < 4.78 is 5.40. The van der Waals surface area contributed by atoms with Crippen LogP contribution in [0, 0.1) is 0 Å². The molecule has 0 aromatic heterocycles. The van der Waals surface area contributed by atoms with Crippen molar-refractivity contribution >= 4 is 32.8 Å². The number of hydrogen-bond donors (Lipinski definition) is 3. The predicted octanol–water partition coefficient (Wildman–Crippen LogP) is 1.84. The molecule has 2 atom stereocenters. The van der Waals surface area contributed by atoms with E-state index in [0.29, 0.717) is 4.47 Å². The van der Waals surface area contributed by atoms with Gasteiger partial charge >= 0.3 is 0 Å². The Balaban J connectivity index is 2.98. The van der Waals surface area contributed by atoms with Crippen LogP contribution in [0.5, 0.6) is 11.5 Å². The van der Waals surface area contributed by atoms with Crippen molar-refractivity contribution < 1.29 is 24.9 Å². The maximum atomic E-state index is 10.8. The minimum absolute atomic E-state index is 0.0413. The maximum Gasteiger partial charge on any atom is 0.185 e. The highest BCUT2D eigenvalue weighted by Crippen LogP contribution is 2.40. The summed E-state index contributed by atoms with van der Waals surface area (Å²) in [6, 6.07) is 3.13. The largest absolute Gasteiger partial charge is 0.504 e. The molecule has 0 radical (unpaired) electrons. The van der Waals surface area contributed by atoms with Crippen molar-refractivity contribution in [2.24, 2.45) is 0 Å². The molecule has 0 saturated heterocycles. The fourth-order valence-corrected chi connectivity index (χ4v) is 2.64. The smallest absolute Gasteiger partial charge is 0.185 e. The number of phenolic OH excluding ortho intramolecular Hbond substituents is 1. The topological polar surface area (TPSA) is 87.0 Å². The molecule has 0 saturated carbocycles. The minimum Gasteiger partial charge on any atom is -0.504 e. The van der Waals surface area contributed by atoms with Gasteiger partial charge in [-0.3, -0.25) is 4.79 Å². The van der Waals surface area contributed by atoms with Crippen LogP contribution in [0.15, 0.2) is 16.6 Å². The van der Waals surface area contributed by atoms with Crippen LogP contribution in [0.2, 0.25) is 0 Å². The van der Waals surface area contributed by atoms with E-state index in [-0.39, 0.29) is 27.9 Å². The van der Waals surface area contributed by atoms with Gasteiger partial charge in [0, 0.05) is 22.7 Å². The van der Waals surface area contributed by atoms with Crippen LogP contribution in [0.25, 0.3) is 0 Å². The first-order valence-corrected chi connectivity index (χ1v) is 7.21. The van der Waals surface area contributed by atoms with E-state index in [1.807, 2.05) is 0 Å². The second-order valence-electron chi connectivity index (χ2n) is 3.83. The molecule has 0 aliphatic heterocycles. The van der Waals surface area contributed by atoms with Crippen LogP contribution in [-0.2, 0) is 4.79 Å². The van der Waals surface area contributed by atoms with Gasteiger partial charge in [-0.2, -0.15) is 0 Å². The summed E-state index contributed by atoms with van der Waals surface area (Å²) in [5.41, 5.74) is 0.135. The molecule has 0 spiro atoms. The highest BCUT2D eigenvalue weighted by Gasteiger charge is 2.26. The van der Waals surface area contributed by atoms with Crippen molar-refractivity contribution in [2.45, 2.75) is 19.1 Å². The average Bonchev–Trinajstić information content (AvgIpc) is 2.36. The lowest BCUT2D eigenvalue weighted by Gasteiger charge is -2.20. The molecule has 1 aromatic carbocycles. The number of hydrogen-bond acceptors (Lipinski definition) is 6. The molecule has 0 fully saturated rings. The standard InChI is InChI=1S/C12H15BrO5S/c1-6(14)19-5-8(15)11(16)10-7(13)3-4-9(18-2)12(10)17/h3-4,8,11,15-17H,5H2,1-2H3. The SMILES string of the molecule is COc1ccc(Br)c(C(O)C(O)CSC(C)=O)c1O. The monoisotopic (exact) mass is 350 g/mol. The lowest BCUT2D eigenvalue weighted by molar-refractivity contribution is -0.109. The van der Waals surface area contributed by atoms with E-state index in [9.17, 15) is 20.1 Å². The number of aliphatic hydroxyl groups excluding tert-OH is 2. The molecule has 0 aliphatic carbocycles. The zero-order valence-corrected chi connectivity index (χ0v) is 12.9. The normalized spacial score (nSPS) is 13.9. The first-order valence-electron chi connectivity index (χ1n) is 5.43. The highest BCUT2D eigenvalue weighted by atomic mass is 79.9. The summed E-state index contributed by atoms with van der Waals surface area (Å²) in [6.07, 6.45) is -2.50. The van der Waals surface area contributed by atoms with Crippen molar-refractivity contribution in [2.75, 3.05) is 12.9 Å². The highest BCUT2D eigenvalue weighted by molar-refractivity contribution is 9.10. The number of methoxy groups -OCH3 is 1. The number of halogens is 1.